The molecule has 3 aromatic rings. The van der Waals surface area contributed by atoms with E-state index in [1.165, 1.54) is 12.1 Å². The van der Waals surface area contributed by atoms with Crippen molar-refractivity contribution in [3.8, 4) is 0 Å². The van der Waals surface area contributed by atoms with Gasteiger partial charge in [-0.15, -0.1) is 0 Å². The summed E-state index contributed by atoms with van der Waals surface area (Å²) >= 11 is 0. The third-order valence-corrected chi connectivity index (χ3v) is 5.34. The van der Waals surface area contributed by atoms with Crippen LogP contribution in [0.15, 0.2) is 84.6 Å². The van der Waals surface area contributed by atoms with Crippen molar-refractivity contribution in [3.05, 3.63) is 113 Å². The molecule has 0 spiro atoms. The summed E-state index contributed by atoms with van der Waals surface area (Å²) in [4.78, 5) is 14.6. The number of carbonyl (C=O) groups excluding carboxylic acids is 1. The van der Waals surface area contributed by atoms with Crippen LogP contribution in [0.3, 0.4) is 0 Å². The second kappa shape index (κ2) is 7.92. The maximum absolute atomic E-state index is 13.5. The lowest BCUT2D eigenvalue weighted by Crippen LogP contribution is -2.32. The molecule has 3 nitrogen and oxygen atoms in total. The molecule has 0 aliphatic carbocycles. The minimum Gasteiger partial charge on any atom is -0.503 e. The molecule has 1 aliphatic heterocycles. The number of aliphatic hydroxyl groups excluding tert-OH is 1. The van der Waals surface area contributed by atoms with Crippen molar-refractivity contribution in [2.24, 2.45) is 0 Å². The number of carbonyl (C=O) groups is 1. The van der Waals surface area contributed by atoms with Crippen LogP contribution in [0.5, 0.6) is 0 Å². The quantitative estimate of drug-likeness (QED) is 0.651. The van der Waals surface area contributed by atoms with E-state index in [0.717, 1.165) is 22.3 Å². The van der Waals surface area contributed by atoms with Gasteiger partial charge in [0.05, 0.1) is 6.04 Å². The van der Waals surface area contributed by atoms with Crippen LogP contribution in [0.4, 0.5) is 4.39 Å². The van der Waals surface area contributed by atoms with Gasteiger partial charge in [0.25, 0.3) is 5.91 Å². The van der Waals surface area contributed by atoms with Gasteiger partial charge in [0, 0.05) is 12.1 Å². The Balaban J connectivity index is 1.73. The molecule has 3 aromatic carbocycles. The van der Waals surface area contributed by atoms with Gasteiger partial charge in [0.15, 0.2) is 5.76 Å². The second-order valence-corrected chi connectivity index (χ2v) is 7.32. The molecule has 0 radical (unpaired) electrons. The third-order valence-electron chi connectivity index (χ3n) is 5.34. The lowest BCUT2D eigenvalue weighted by Gasteiger charge is -2.27. The van der Waals surface area contributed by atoms with Crippen molar-refractivity contribution in [2.45, 2.75) is 19.4 Å². The average Bonchev–Trinajstić information content (AvgIpc) is 2.99. The Hall–Kier alpha value is -3.40. The Morgan fingerprint density at radius 2 is 1.59 bits per heavy atom. The zero-order valence-electron chi connectivity index (χ0n) is 16.2. The van der Waals surface area contributed by atoms with Crippen LogP contribution in [-0.4, -0.2) is 22.5 Å². The molecule has 1 amide bonds. The van der Waals surface area contributed by atoms with E-state index in [-0.39, 0.29) is 11.6 Å². The van der Waals surface area contributed by atoms with Crippen LogP contribution >= 0.6 is 0 Å². The van der Waals surface area contributed by atoms with E-state index >= 15 is 0 Å². The zero-order valence-corrected chi connectivity index (χ0v) is 16.2. The van der Waals surface area contributed by atoms with Gasteiger partial charge < -0.3 is 10.0 Å². The van der Waals surface area contributed by atoms with Crippen molar-refractivity contribution < 1.29 is 14.3 Å². The van der Waals surface area contributed by atoms with Crippen LogP contribution in [-0.2, 0) is 11.2 Å². The van der Waals surface area contributed by atoms with E-state index < -0.39 is 11.9 Å². The first-order valence-electron chi connectivity index (χ1n) is 9.65. The fourth-order valence-corrected chi connectivity index (χ4v) is 3.80. The molecule has 0 aromatic heterocycles. The molecule has 1 heterocycles. The summed E-state index contributed by atoms with van der Waals surface area (Å²) in [6.45, 7) is 2.44. The van der Waals surface area contributed by atoms with Gasteiger partial charge in [-0.3, -0.25) is 4.79 Å². The molecule has 146 valence electrons. The van der Waals surface area contributed by atoms with Gasteiger partial charge in [-0.1, -0.05) is 72.3 Å². The predicted octanol–water partition coefficient (Wildman–Crippen LogP) is 5.23. The summed E-state index contributed by atoms with van der Waals surface area (Å²) in [6.07, 6.45) is 0.665. The van der Waals surface area contributed by atoms with Gasteiger partial charge in [-0.2, -0.15) is 0 Å². The molecule has 4 heteroatoms. The molecular weight excluding hydrogens is 365 g/mol. The monoisotopic (exact) mass is 387 g/mol. The molecule has 1 unspecified atom stereocenters. The van der Waals surface area contributed by atoms with E-state index in [1.54, 1.807) is 17.0 Å². The maximum atomic E-state index is 13.5. The summed E-state index contributed by atoms with van der Waals surface area (Å²) in [7, 11) is 0. The third kappa shape index (κ3) is 3.79. The summed E-state index contributed by atoms with van der Waals surface area (Å²) < 4.78 is 13.5. The maximum Gasteiger partial charge on any atom is 0.289 e. The molecule has 1 aliphatic rings. The number of amides is 1. The molecular formula is C25H22FNO2. The number of nitrogens with zero attached hydrogens (tertiary/aromatic N) is 1. The lowest BCUT2D eigenvalue weighted by atomic mass is 9.93. The number of aryl methyl sites for hydroxylation is 1. The fraction of sp³-hybridized carbons (Fsp3) is 0.160. The van der Waals surface area contributed by atoms with E-state index in [9.17, 15) is 14.3 Å². The molecule has 0 bridgehead atoms. The minimum atomic E-state index is -0.463. The van der Waals surface area contributed by atoms with Gasteiger partial charge >= 0.3 is 0 Å². The normalized spacial score (nSPS) is 16.6. The highest BCUT2D eigenvalue weighted by atomic mass is 19.1. The van der Waals surface area contributed by atoms with Crippen molar-refractivity contribution in [3.63, 3.8) is 0 Å². The van der Waals surface area contributed by atoms with Gasteiger partial charge in [-0.05, 0) is 42.2 Å². The van der Waals surface area contributed by atoms with Crippen LogP contribution in [0, 0.1) is 12.7 Å². The zero-order chi connectivity index (χ0) is 20.4. The summed E-state index contributed by atoms with van der Waals surface area (Å²) in [5.74, 6) is -0.971. The van der Waals surface area contributed by atoms with Crippen LogP contribution in [0.2, 0.25) is 0 Å². The summed E-state index contributed by atoms with van der Waals surface area (Å²) in [5, 5.41) is 10.7. The Kier molecular flexibility index (Phi) is 5.17. The molecule has 4 rings (SSSR count). The highest BCUT2D eigenvalue weighted by molar-refractivity contribution is 6.05. The van der Waals surface area contributed by atoms with Crippen LogP contribution < -0.4 is 0 Å². The summed E-state index contributed by atoms with van der Waals surface area (Å²) in [5.41, 5.74) is 4.33. The SMILES string of the molecule is Cc1ccc(C2=C(O)C(=O)N(CCc3ccccc3)C2c2ccc(F)cc2)cc1. The Morgan fingerprint density at radius 1 is 0.931 bits per heavy atom. The first-order valence-corrected chi connectivity index (χ1v) is 9.65. The van der Waals surface area contributed by atoms with Crippen molar-refractivity contribution in [1.82, 2.24) is 4.90 Å². The molecule has 1 atom stereocenters. The molecule has 0 fully saturated rings. The highest BCUT2D eigenvalue weighted by Crippen LogP contribution is 2.43. The number of benzene rings is 3. The van der Waals surface area contributed by atoms with E-state index in [4.69, 9.17) is 0 Å². The number of hydrogen-bond donors (Lipinski definition) is 1. The Morgan fingerprint density at radius 3 is 2.24 bits per heavy atom. The van der Waals surface area contributed by atoms with Crippen molar-refractivity contribution in [2.75, 3.05) is 6.54 Å². The molecule has 0 saturated carbocycles. The lowest BCUT2D eigenvalue weighted by molar-refractivity contribution is -0.129. The molecule has 0 saturated heterocycles. The minimum absolute atomic E-state index is 0.240. The smallest absolute Gasteiger partial charge is 0.289 e. The molecule has 29 heavy (non-hydrogen) atoms. The van der Waals surface area contributed by atoms with Crippen LogP contribution in [0.25, 0.3) is 5.57 Å². The van der Waals surface area contributed by atoms with E-state index in [0.29, 0.717) is 18.5 Å². The summed E-state index contributed by atoms with van der Waals surface area (Å²) in [6, 6.07) is 23.3. The van der Waals surface area contributed by atoms with E-state index in [1.807, 2.05) is 61.5 Å². The molecule has 1 N–H and O–H groups in total. The predicted molar refractivity (Wildman–Crippen MR) is 112 cm³/mol. The standard InChI is InChI=1S/C25H22FNO2/c1-17-7-9-19(10-8-17)22-23(20-11-13-21(26)14-12-20)27(25(29)24(22)28)16-15-18-5-3-2-4-6-18/h2-14,23,28H,15-16H2,1H3. The fourth-order valence-electron chi connectivity index (χ4n) is 3.80. The number of hydrogen-bond acceptors (Lipinski definition) is 2. The average molecular weight is 387 g/mol. The second-order valence-electron chi connectivity index (χ2n) is 7.32. The Labute approximate surface area is 169 Å². The van der Waals surface area contributed by atoms with Crippen molar-refractivity contribution >= 4 is 11.5 Å². The van der Waals surface area contributed by atoms with Crippen molar-refractivity contribution in [1.29, 1.82) is 0 Å². The highest BCUT2D eigenvalue weighted by Gasteiger charge is 2.40. The Bertz CT molecular complexity index is 1040. The first-order chi connectivity index (χ1) is 14.0. The van der Waals surface area contributed by atoms with E-state index in [2.05, 4.69) is 0 Å². The number of rotatable bonds is 5. The van der Waals surface area contributed by atoms with Crippen LogP contribution in [0.1, 0.15) is 28.3 Å². The van der Waals surface area contributed by atoms with Gasteiger partial charge in [0.2, 0.25) is 0 Å². The number of halogens is 1. The first kappa shape index (κ1) is 18.9. The van der Waals surface area contributed by atoms with Gasteiger partial charge in [-0.25, -0.2) is 4.39 Å². The largest absolute Gasteiger partial charge is 0.503 e. The number of aliphatic hydroxyl groups is 1. The topological polar surface area (TPSA) is 40.5 Å². The van der Waals surface area contributed by atoms with Gasteiger partial charge in [0.1, 0.15) is 5.82 Å².